The predicted octanol–water partition coefficient (Wildman–Crippen LogP) is 5.27. The van der Waals surface area contributed by atoms with Gasteiger partial charge in [0.15, 0.2) is 0 Å². The number of thiophene rings is 1. The number of nitrogens with zero attached hydrogens (tertiary/aromatic N) is 4. The van der Waals surface area contributed by atoms with Crippen molar-refractivity contribution in [2.45, 2.75) is 32.0 Å². The van der Waals surface area contributed by atoms with Crippen LogP contribution in [0.2, 0.25) is 0 Å². The lowest BCUT2D eigenvalue weighted by atomic mass is 10.0. The highest BCUT2D eigenvalue weighted by molar-refractivity contribution is 7.17. The fourth-order valence-electron chi connectivity index (χ4n) is 5.22. The molecule has 4 heterocycles. The van der Waals surface area contributed by atoms with Crippen LogP contribution < -0.4 is 5.32 Å². The first-order valence-electron chi connectivity index (χ1n) is 13.0. The third kappa shape index (κ3) is 5.44. The molecule has 2 aromatic carbocycles. The average Bonchev–Trinajstić information content (AvgIpc) is 3.36. The van der Waals surface area contributed by atoms with Crippen LogP contribution in [0.25, 0.3) is 21.3 Å². The molecule has 0 spiro atoms. The number of hydrogen-bond donors (Lipinski definition) is 1. The van der Waals surface area contributed by atoms with Gasteiger partial charge in [-0.2, -0.15) is 0 Å². The summed E-state index contributed by atoms with van der Waals surface area (Å²) in [5.41, 5.74) is 3.83. The molecular weight excluding hydrogens is 466 g/mol. The Morgan fingerprint density at radius 1 is 0.833 bits per heavy atom. The van der Waals surface area contributed by atoms with Crippen molar-refractivity contribution < 1.29 is 4.74 Å². The maximum absolute atomic E-state index is 5.53. The van der Waals surface area contributed by atoms with Crippen molar-refractivity contribution in [3.05, 3.63) is 77.4 Å². The van der Waals surface area contributed by atoms with Crippen LogP contribution in [0.4, 0.5) is 5.82 Å². The van der Waals surface area contributed by atoms with Crippen LogP contribution >= 0.6 is 11.3 Å². The molecular formula is C29H33N5OS. The normalized spacial score (nSPS) is 18.0. The Kier molecular flexibility index (Phi) is 7.23. The minimum absolute atomic E-state index is 0.412. The minimum Gasteiger partial charge on any atom is -0.379 e. The van der Waals surface area contributed by atoms with Gasteiger partial charge in [-0.25, -0.2) is 9.97 Å². The molecule has 1 N–H and O–H groups in total. The summed E-state index contributed by atoms with van der Waals surface area (Å²) in [6.07, 6.45) is 2.23. The molecule has 7 heteroatoms. The third-order valence-electron chi connectivity index (χ3n) is 7.21. The van der Waals surface area contributed by atoms with E-state index in [-0.39, 0.29) is 0 Å². The van der Waals surface area contributed by atoms with E-state index in [1.54, 1.807) is 11.3 Å². The zero-order valence-electron chi connectivity index (χ0n) is 20.6. The number of likely N-dealkylation sites (tertiary alicyclic amines) is 1. The number of piperidine rings is 1. The van der Waals surface area contributed by atoms with E-state index < -0.39 is 0 Å². The van der Waals surface area contributed by atoms with Crippen molar-refractivity contribution in [1.82, 2.24) is 19.8 Å². The number of ether oxygens (including phenoxy) is 1. The molecule has 0 unspecified atom stereocenters. The molecule has 0 amide bonds. The largest absolute Gasteiger partial charge is 0.379 e. The summed E-state index contributed by atoms with van der Waals surface area (Å²) in [7, 11) is 0. The van der Waals surface area contributed by atoms with Crippen LogP contribution in [0.15, 0.2) is 66.0 Å². The monoisotopic (exact) mass is 499 g/mol. The number of benzene rings is 2. The first-order valence-corrected chi connectivity index (χ1v) is 13.9. The quantitative estimate of drug-likeness (QED) is 0.374. The zero-order chi connectivity index (χ0) is 24.2. The number of fused-ring (bicyclic) bond motifs is 1. The molecule has 0 aliphatic carbocycles. The molecule has 2 aromatic heterocycles. The van der Waals surface area contributed by atoms with E-state index in [0.29, 0.717) is 6.04 Å². The Morgan fingerprint density at radius 2 is 1.53 bits per heavy atom. The van der Waals surface area contributed by atoms with Gasteiger partial charge >= 0.3 is 0 Å². The van der Waals surface area contributed by atoms with Crippen LogP contribution in [0.3, 0.4) is 0 Å². The van der Waals surface area contributed by atoms with Crippen molar-refractivity contribution in [3.63, 3.8) is 0 Å². The summed E-state index contributed by atoms with van der Waals surface area (Å²) in [6, 6.07) is 21.8. The Hall–Kier alpha value is -2.84. The molecule has 0 bridgehead atoms. The second-order valence-corrected chi connectivity index (χ2v) is 10.6. The van der Waals surface area contributed by atoms with Crippen LogP contribution in [-0.2, 0) is 17.8 Å². The molecule has 36 heavy (non-hydrogen) atoms. The highest BCUT2D eigenvalue weighted by Gasteiger charge is 2.23. The first-order chi connectivity index (χ1) is 17.8. The van der Waals surface area contributed by atoms with Gasteiger partial charge in [0.25, 0.3) is 0 Å². The number of anilines is 1. The van der Waals surface area contributed by atoms with E-state index >= 15 is 0 Å². The minimum atomic E-state index is 0.412. The summed E-state index contributed by atoms with van der Waals surface area (Å²) in [4.78, 5) is 16.1. The molecule has 0 atom stereocenters. The number of aromatic nitrogens is 2. The van der Waals surface area contributed by atoms with Gasteiger partial charge in [-0.05, 0) is 24.0 Å². The SMILES string of the molecule is c1ccc(CN2CCC(Nc3nc(CN4CCOCC4)nc4scc(-c5ccccc5)c34)CC2)cc1. The summed E-state index contributed by atoms with van der Waals surface area (Å²) >= 11 is 1.72. The molecule has 2 aliphatic heterocycles. The Bertz CT molecular complexity index is 1270. The van der Waals surface area contributed by atoms with Gasteiger partial charge in [0.2, 0.25) is 0 Å². The molecule has 4 aromatic rings. The van der Waals surface area contributed by atoms with Gasteiger partial charge in [-0.3, -0.25) is 9.80 Å². The van der Waals surface area contributed by atoms with E-state index in [2.05, 4.69) is 81.2 Å². The van der Waals surface area contributed by atoms with Crippen molar-refractivity contribution >= 4 is 27.4 Å². The molecule has 0 saturated carbocycles. The summed E-state index contributed by atoms with van der Waals surface area (Å²) in [5.74, 6) is 1.89. The molecule has 6 rings (SSSR count). The summed E-state index contributed by atoms with van der Waals surface area (Å²) < 4.78 is 5.53. The van der Waals surface area contributed by atoms with E-state index in [1.807, 2.05) is 0 Å². The van der Waals surface area contributed by atoms with Gasteiger partial charge in [0.05, 0.1) is 25.1 Å². The van der Waals surface area contributed by atoms with Crippen LogP contribution in [0.1, 0.15) is 24.2 Å². The van der Waals surface area contributed by atoms with Crippen LogP contribution in [-0.4, -0.2) is 65.2 Å². The third-order valence-corrected chi connectivity index (χ3v) is 8.08. The number of morpholine rings is 1. The van der Waals surface area contributed by atoms with Gasteiger partial charge < -0.3 is 10.1 Å². The molecule has 6 nitrogen and oxygen atoms in total. The van der Waals surface area contributed by atoms with Gasteiger partial charge in [-0.1, -0.05) is 60.7 Å². The molecule has 186 valence electrons. The fourth-order valence-corrected chi connectivity index (χ4v) is 6.19. The lowest BCUT2D eigenvalue weighted by Gasteiger charge is -2.33. The molecule has 2 saturated heterocycles. The highest BCUT2D eigenvalue weighted by atomic mass is 32.1. The molecule has 2 fully saturated rings. The maximum atomic E-state index is 5.53. The van der Waals surface area contributed by atoms with Gasteiger partial charge in [0.1, 0.15) is 16.5 Å². The van der Waals surface area contributed by atoms with E-state index in [1.165, 1.54) is 16.7 Å². The van der Waals surface area contributed by atoms with Crippen molar-refractivity contribution in [3.8, 4) is 11.1 Å². The summed E-state index contributed by atoms with van der Waals surface area (Å²) in [5, 5.41) is 7.26. The number of nitrogens with one attached hydrogen (secondary N) is 1. The van der Waals surface area contributed by atoms with Crippen molar-refractivity contribution in [2.24, 2.45) is 0 Å². The first kappa shape index (κ1) is 23.6. The zero-order valence-corrected chi connectivity index (χ0v) is 21.4. The van der Waals surface area contributed by atoms with E-state index in [4.69, 9.17) is 14.7 Å². The Balaban J connectivity index is 1.24. The maximum Gasteiger partial charge on any atom is 0.146 e. The second kappa shape index (κ2) is 11.0. The molecule has 0 radical (unpaired) electrons. The Morgan fingerprint density at radius 3 is 2.28 bits per heavy atom. The van der Waals surface area contributed by atoms with Gasteiger partial charge in [0, 0.05) is 49.7 Å². The topological polar surface area (TPSA) is 53.5 Å². The smallest absolute Gasteiger partial charge is 0.146 e. The summed E-state index contributed by atoms with van der Waals surface area (Å²) in [6.45, 7) is 7.42. The molecule has 2 aliphatic rings. The second-order valence-electron chi connectivity index (χ2n) is 9.75. The average molecular weight is 500 g/mol. The highest BCUT2D eigenvalue weighted by Crippen LogP contribution is 2.37. The standard InChI is InChI=1S/C29H33N5OS/c1-3-7-22(8-4-1)19-33-13-11-24(12-14-33)30-28-27-25(23-9-5-2-6-10-23)21-36-29(27)32-26(31-28)20-34-15-17-35-18-16-34/h1-10,21,24H,11-20H2,(H,30,31,32). The van der Waals surface area contributed by atoms with E-state index in [9.17, 15) is 0 Å². The fraction of sp³-hybridized carbons (Fsp3) is 0.379. The van der Waals surface area contributed by atoms with E-state index in [0.717, 1.165) is 87.2 Å². The van der Waals surface area contributed by atoms with Crippen molar-refractivity contribution in [2.75, 3.05) is 44.7 Å². The van der Waals surface area contributed by atoms with Crippen molar-refractivity contribution in [1.29, 1.82) is 0 Å². The lowest BCUT2D eigenvalue weighted by Crippen LogP contribution is -2.39. The van der Waals surface area contributed by atoms with Crippen LogP contribution in [0.5, 0.6) is 0 Å². The lowest BCUT2D eigenvalue weighted by molar-refractivity contribution is 0.0331. The Labute approximate surface area is 216 Å². The van der Waals surface area contributed by atoms with Crippen LogP contribution in [0, 0.1) is 0 Å². The number of hydrogen-bond acceptors (Lipinski definition) is 7. The predicted molar refractivity (Wildman–Crippen MR) is 147 cm³/mol. The van der Waals surface area contributed by atoms with Gasteiger partial charge in [-0.15, -0.1) is 11.3 Å². The number of rotatable bonds is 7.